The third-order valence-corrected chi connectivity index (χ3v) is 5.67. The molecule has 0 spiro atoms. The number of aryl methyl sites for hydroxylation is 1. The van der Waals surface area contributed by atoms with Crippen LogP contribution in [0.3, 0.4) is 0 Å². The van der Waals surface area contributed by atoms with Crippen LogP contribution >= 0.6 is 15.9 Å². The predicted octanol–water partition coefficient (Wildman–Crippen LogP) is 3.55. The second-order valence-electron chi connectivity index (χ2n) is 4.64. The first-order valence-corrected chi connectivity index (χ1v) is 8.74. The standard InChI is InChI=1S/C15H17BrN2O2S/c1-3-18(14-7-5-4-6-11(14)2)21(19,20)15-9-8-12(16)10-13(15)17/h4-10H,3,17H2,1-2H3. The minimum atomic E-state index is -3.69. The summed E-state index contributed by atoms with van der Waals surface area (Å²) in [7, 11) is -3.69. The molecule has 21 heavy (non-hydrogen) atoms. The Morgan fingerprint density at radius 2 is 1.86 bits per heavy atom. The minimum Gasteiger partial charge on any atom is -0.398 e. The number of sulfonamides is 1. The Kier molecular flexibility index (Phi) is 4.58. The van der Waals surface area contributed by atoms with E-state index < -0.39 is 10.0 Å². The lowest BCUT2D eigenvalue weighted by molar-refractivity contribution is 0.592. The van der Waals surface area contributed by atoms with E-state index in [1.807, 2.05) is 25.1 Å². The Hall–Kier alpha value is -1.53. The van der Waals surface area contributed by atoms with Crippen molar-refractivity contribution in [2.24, 2.45) is 0 Å². The number of para-hydroxylation sites is 1. The van der Waals surface area contributed by atoms with Crippen molar-refractivity contribution in [3.05, 3.63) is 52.5 Å². The molecule has 6 heteroatoms. The SMILES string of the molecule is CCN(c1ccccc1C)S(=O)(=O)c1ccc(Br)cc1N. The summed E-state index contributed by atoms with van der Waals surface area (Å²) >= 11 is 3.29. The number of nitrogen functional groups attached to an aromatic ring is 1. The number of rotatable bonds is 4. The van der Waals surface area contributed by atoms with E-state index in [2.05, 4.69) is 15.9 Å². The molecule has 0 saturated heterocycles. The van der Waals surface area contributed by atoms with Crippen molar-refractivity contribution in [3.63, 3.8) is 0 Å². The van der Waals surface area contributed by atoms with Crippen LogP contribution in [0.1, 0.15) is 12.5 Å². The first-order valence-electron chi connectivity index (χ1n) is 6.51. The lowest BCUT2D eigenvalue weighted by atomic mass is 10.2. The van der Waals surface area contributed by atoms with Gasteiger partial charge in [0.05, 0.1) is 11.4 Å². The van der Waals surface area contributed by atoms with Gasteiger partial charge in [0.25, 0.3) is 10.0 Å². The number of hydrogen-bond donors (Lipinski definition) is 1. The molecule has 0 aliphatic carbocycles. The summed E-state index contributed by atoms with van der Waals surface area (Å²) in [5, 5.41) is 0. The molecule has 112 valence electrons. The quantitative estimate of drug-likeness (QED) is 0.839. The zero-order valence-corrected chi connectivity index (χ0v) is 14.3. The molecule has 0 aliphatic rings. The number of halogens is 1. The Morgan fingerprint density at radius 1 is 1.19 bits per heavy atom. The summed E-state index contributed by atoms with van der Waals surface area (Å²) in [5.74, 6) is 0. The van der Waals surface area contributed by atoms with Gasteiger partial charge in [-0.05, 0) is 43.7 Å². The van der Waals surface area contributed by atoms with E-state index in [4.69, 9.17) is 5.73 Å². The van der Waals surface area contributed by atoms with Crippen molar-refractivity contribution >= 4 is 37.3 Å². The smallest absolute Gasteiger partial charge is 0.266 e. The lowest BCUT2D eigenvalue weighted by Crippen LogP contribution is -2.31. The number of anilines is 2. The molecule has 2 aromatic carbocycles. The second kappa shape index (κ2) is 6.07. The average molecular weight is 369 g/mol. The summed E-state index contributed by atoms with van der Waals surface area (Å²) in [5.41, 5.74) is 7.68. The van der Waals surface area contributed by atoms with E-state index >= 15 is 0 Å². The summed E-state index contributed by atoms with van der Waals surface area (Å²) in [6, 6.07) is 12.2. The molecule has 0 aromatic heterocycles. The fourth-order valence-corrected chi connectivity index (χ4v) is 4.20. The maximum atomic E-state index is 12.9. The van der Waals surface area contributed by atoms with Gasteiger partial charge in [0.1, 0.15) is 4.90 Å². The van der Waals surface area contributed by atoms with E-state index in [0.29, 0.717) is 12.2 Å². The molecule has 0 bridgehead atoms. The molecule has 0 amide bonds. The van der Waals surface area contributed by atoms with E-state index in [0.717, 1.165) is 10.0 Å². The predicted molar refractivity (Wildman–Crippen MR) is 89.9 cm³/mol. The van der Waals surface area contributed by atoms with Crippen LogP contribution in [0.25, 0.3) is 0 Å². The summed E-state index contributed by atoms with van der Waals surface area (Å²) in [4.78, 5) is 0.121. The van der Waals surface area contributed by atoms with Gasteiger partial charge in [-0.2, -0.15) is 0 Å². The summed E-state index contributed by atoms with van der Waals surface area (Å²) < 4.78 is 27.9. The van der Waals surface area contributed by atoms with Crippen molar-refractivity contribution in [2.75, 3.05) is 16.6 Å². The number of nitrogens with zero attached hydrogens (tertiary/aromatic N) is 1. The number of nitrogens with two attached hydrogens (primary N) is 1. The highest BCUT2D eigenvalue weighted by atomic mass is 79.9. The lowest BCUT2D eigenvalue weighted by Gasteiger charge is -2.25. The van der Waals surface area contributed by atoms with Crippen LogP contribution in [-0.2, 0) is 10.0 Å². The molecular formula is C15H17BrN2O2S. The first kappa shape index (κ1) is 15.9. The van der Waals surface area contributed by atoms with Gasteiger partial charge in [-0.3, -0.25) is 4.31 Å². The van der Waals surface area contributed by atoms with Crippen LogP contribution in [0.15, 0.2) is 51.8 Å². The van der Waals surface area contributed by atoms with Gasteiger partial charge >= 0.3 is 0 Å². The molecule has 0 fully saturated rings. The molecule has 0 aliphatic heterocycles. The van der Waals surface area contributed by atoms with Crippen molar-refractivity contribution in [1.82, 2.24) is 0 Å². The van der Waals surface area contributed by atoms with E-state index in [1.54, 1.807) is 25.1 Å². The summed E-state index contributed by atoms with van der Waals surface area (Å²) in [6.07, 6.45) is 0. The maximum Gasteiger partial charge on any atom is 0.266 e. The topological polar surface area (TPSA) is 63.4 Å². The Balaban J connectivity index is 2.58. The largest absolute Gasteiger partial charge is 0.398 e. The van der Waals surface area contributed by atoms with Gasteiger partial charge in [0.2, 0.25) is 0 Å². The minimum absolute atomic E-state index is 0.121. The van der Waals surface area contributed by atoms with Crippen molar-refractivity contribution in [3.8, 4) is 0 Å². The fraction of sp³-hybridized carbons (Fsp3) is 0.200. The molecule has 2 N–H and O–H groups in total. The van der Waals surface area contributed by atoms with Gasteiger partial charge in [-0.15, -0.1) is 0 Å². The molecule has 0 heterocycles. The normalized spacial score (nSPS) is 11.4. The van der Waals surface area contributed by atoms with Crippen molar-refractivity contribution < 1.29 is 8.42 Å². The molecule has 0 atom stereocenters. The fourth-order valence-electron chi connectivity index (χ4n) is 2.19. The van der Waals surface area contributed by atoms with Crippen LogP contribution < -0.4 is 10.0 Å². The van der Waals surface area contributed by atoms with Crippen LogP contribution in [-0.4, -0.2) is 15.0 Å². The summed E-state index contributed by atoms with van der Waals surface area (Å²) in [6.45, 7) is 4.03. The molecule has 2 rings (SSSR count). The third-order valence-electron chi connectivity index (χ3n) is 3.21. The van der Waals surface area contributed by atoms with Gasteiger partial charge in [-0.25, -0.2) is 8.42 Å². The molecule has 0 unspecified atom stereocenters. The van der Waals surface area contributed by atoms with E-state index in [1.165, 1.54) is 10.4 Å². The Morgan fingerprint density at radius 3 is 2.43 bits per heavy atom. The van der Waals surface area contributed by atoms with Gasteiger partial charge in [0.15, 0.2) is 0 Å². The zero-order chi connectivity index (χ0) is 15.6. The molecule has 0 radical (unpaired) electrons. The van der Waals surface area contributed by atoms with Crippen molar-refractivity contribution in [1.29, 1.82) is 0 Å². The second-order valence-corrected chi connectivity index (χ2v) is 7.38. The zero-order valence-electron chi connectivity index (χ0n) is 11.9. The highest BCUT2D eigenvalue weighted by Crippen LogP contribution is 2.30. The maximum absolute atomic E-state index is 12.9. The third kappa shape index (κ3) is 3.06. The average Bonchev–Trinajstić information content (AvgIpc) is 2.41. The van der Waals surface area contributed by atoms with Gasteiger partial charge < -0.3 is 5.73 Å². The first-order chi connectivity index (χ1) is 9.87. The van der Waals surface area contributed by atoms with Crippen molar-refractivity contribution in [2.45, 2.75) is 18.7 Å². The molecule has 2 aromatic rings. The van der Waals surface area contributed by atoms with Gasteiger partial charge in [0, 0.05) is 11.0 Å². The van der Waals surface area contributed by atoms with E-state index in [9.17, 15) is 8.42 Å². The molecular weight excluding hydrogens is 352 g/mol. The van der Waals surface area contributed by atoms with Gasteiger partial charge in [-0.1, -0.05) is 34.1 Å². The van der Waals surface area contributed by atoms with Crippen LogP contribution in [0.2, 0.25) is 0 Å². The monoisotopic (exact) mass is 368 g/mol. The molecule has 0 saturated carbocycles. The highest BCUT2D eigenvalue weighted by Gasteiger charge is 2.26. The Labute approximate surface area is 133 Å². The highest BCUT2D eigenvalue weighted by molar-refractivity contribution is 9.10. The number of benzene rings is 2. The van der Waals surface area contributed by atoms with E-state index in [-0.39, 0.29) is 10.6 Å². The number of hydrogen-bond acceptors (Lipinski definition) is 3. The molecule has 4 nitrogen and oxygen atoms in total. The Bertz CT molecular complexity index is 760. The van der Waals surface area contributed by atoms with Crippen LogP contribution in [0, 0.1) is 6.92 Å². The van der Waals surface area contributed by atoms with Crippen LogP contribution in [0.4, 0.5) is 11.4 Å². The van der Waals surface area contributed by atoms with Crippen LogP contribution in [0.5, 0.6) is 0 Å².